The fourth-order valence-corrected chi connectivity index (χ4v) is 2.00. The van der Waals surface area contributed by atoms with Crippen LogP contribution in [0.25, 0.3) is 6.08 Å². The van der Waals surface area contributed by atoms with Gasteiger partial charge in [-0.3, -0.25) is 9.59 Å². The second-order valence-electron chi connectivity index (χ2n) is 5.03. The Hall–Kier alpha value is -3.39. The van der Waals surface area contributed by atoms with Gasteiger partial charge >= 0.3 is 0 Å². The molecule has 0 aliphatic rings. The number of hydrogen-bond donors (Lipinski definition) is 1. The normalized spacial score (nSPS) is 10.6. The molecule has 0 heterocycles. The smallest absolute Gasteiger partial charge is 0.266 e. The van der Waals surface area contributed by atoms with Crippen LogP contribution in [0.4, 0.5) is 5.69 Å². The molecule has 2 aromatic carbocycles. The topological polar surface area (TPSA) is 79.2 Å². The van der Waals surface area contributed by atoms with Gasteiger partial charge in [0.05, 0.1) is 7.11 Å². The lowest BCUT2D eigenvalue weighted by atomic mass is 10.1. The van der Waals surface area contributed by atoms with Crippen molar-refractivity contribution in [3.8, 4) is 11.8 Å². The zero-order valence-electron chi connectivity index (χ0n) is 13.4. The predicted octanol–water partition coefficient (Wildman–Crippen LogP) is 3.44. The van der Waals surface area contributed by atoms with Crippen LogP contribution in [0.3, 0.4) is 0 Å². The van der Waals surface area contributed by atoms with Gasteiger partial charge < -0.3 is 10.1 Å². The number of benzene rings is 2. The van der Waals surface area contributed by atoms with E-state index in [2.05, 4.69) is 5.32 Å². The Kier molecular flexibility index (Phi) is 5.48. The molecule has 0 aliphatic heterocycles. The summed E-state index contributed by atoms with van der Waals surface area (Å²) < 4.78 is 5.06. The zero-order chi connectivity index (χ0) is 17.5. The molecule has 0 spiro atoms. The molecular weight excluding hydrogens is 304 g/mol. The van der Waals surface area contributed by atoms with Crippen LogP contribution in [-0.2, 0) is 4.79 Å². The maximum absolute atomic E-state index is 12.2. The lowest BCUT2D eigenvalue weighted by Crippen LogP contribution is -2.13. The molecule has 0 atom stereocenters. The molecule has 0 aromatic heterocycles. The zero-order valence-corrected chi connectivity index (χ0v) is 13.4. The van der Waals surface area contributed by atoms with Gasteiger partial charge in [-0.2, -0.15) is 5.26 Å². The van der Waals surface area contributed by atoms with Crippen molar-refractivity contribution >= 4 is 23.5 Å². The van der Waals surface area contributed by atoms with Crippen LogP contribution in [-0.4, -0.2) is 18.8 Å². The van der Waals surface area contributed by atoms with E-state index in [0.717, 1.165) is 5.56 Å². The number of nitrogens with zero attached hydrogens (tertiary/aromatic N) is 1. The highest BCUT2D eigenvalue weighted by Gasteiger charge is 2.10. The van der Waals surface area contributed by atoms with E-state index in [1.807, 2.05) is 6.07 Å². The van der Waals surface area contributed by atoms with Crippen LogP contribution in [0.15, 0.2) is 54.1 Å². The summed E-state index contributed by atoms with van der Waals surface area (Å²) in [7, 11) is 1.57. The molecule has 5 heteroatoms. The lowest BCUT2D eigenvalue weighted by Gasteiger charge is -2.05. The van der Waals surface area contributed by atoms with E-state index in [4.69, 9.17) is 4.74 Å². The van der Waals surface area contributed by atoms with Crippen LogP contribution >= 0.6 is 0 Å². The van der Waals surface area contributed by atoms with Crippen molar-refractivity contribution in [2.75, 3.05) is 12.4 Å². The number of nitrogens with one attached hydrogen (secondary N) is 1. The van der Waals surface area contributed by atoms with Crippen LogP contribution in [0, 0.1) is 11.3 Å². The Balaban J connectivity index is 2.14. The summed E-state index contributed by atoms with van der Waals surface area (Å²) in [4.78, 5) is 23.4. The monoisotopic (exact) mass is 320 g/mol. The first-order valence-corrected chi connectivity index (χ1v) is 7.21. The summed E-state index contributed by atoms with van der Waals surface area (Å²) >= 11 is 0. The molecule has 2 aromatic rings. The summed E-state index contributed by atoms with van der Waals surface area (Å²) in [6, 6.07) is 15.4. The van der Waals surface area contributed by atoms with Gasteiger partial charge in [0.25, 0.3) is 5.91 Å². The molecule has 2 rings (SSSR count). The maximum Gasteiger partial charge on any atom is 0.266 e. The van der Waals surface area contributed by atoms with E-state index in [0.29, 0.717) is 17.0 Å². The molecule has 0 saturated heterocycles. The number of amides is 1. The average molecular weight is 320 g/mol. The van der Waals surface area contributed by atoms with E-state index >= 15 is 0 Å². The van der Waals surface area contributed by atoms with Crippen LogP contribution in [0.5, 0.6) is 5.75 Å². The first-order valence-electron chi connectivity index (χ1n) is 7.21. The van der Waals surface area contributed by atoms with Crippen molar-refractivity contribution in [1.82, 2.24) is 0 Å². The van der Waals surface area contributed by atoms with Gasteiger partial charge in [0.2, 0.25) is 0 Å². The highest BCUT2D eigenvalue weighted by molar-refractivity contribution is 6.09. The minimum Gasteiger partial charge on any atom is -0.497 e. The van der Waals surface area contributed by atoms with E-state index in [1.165, 1.54) is 13.0 Å². The van der Waals surface area contributed by atoms with E-state index < -0.39 is 5.91 Å². The van der Waals surface area contributed by atoms with Crippen LogP contribution in [0.2, 0.25) is 0 Å². The fraction of sp³-hybridized carbons (Fsp3) is 0.105. The van der Waals surface area contributed by atoms with Gasteiger partial charge in [0.15, 0.2) is 5.78 Å². The molecule has 5 nitrogen and oxygen atoms in total. The standard InChI is InChI=1S/C19H16N2O3/c1-13(22)15-5-7-17(8-6-15)21-19(23)16(12-20)11-14-3-9-18(24-2)10-4-14/h3-11H,1-2H3,(H,21,23). The Morgan fingerprint density at radius 1 is 1.08 bits per heavy atom. The molecule has 24 heavy (non-hydrogen) atoms. The molecule has 1 N–H and O–H groups in total. The van der Waals surface area contributed by atoms with Gasteiger partial charge in [-0.1, -0.05) is 12.1 Å². The third-order valence-corrected chi connectivity index (χ3v) is 3.34. The van der Waals surface area contributed by atoms with Crippen molar-refractivity contribution in [3.63, 3.8) is 0 Å². The quantitative estimate of drug-likeness (QED) is 0.520. The number of Topliss-reactive ketones (excluding diaryl/α,β-unsaturated/α-hetero) is 1. The number of carbonyl (C=O) groups is 2. The molecule has 0 saturated carbocycles. The molecule has 0 fully saturated rings. The molecular formula is C19H16N2O3. The molecule has 0 aliphatic carbocycles. The second kappa shape index (κ2) is 7.75. The number of ketones is 1. The van der Waals surface area contributed by atoms with Gasteiger partial charge in [-0.25, -0.2) is 0 Å². The van der Waals surface area contributed by atoms with E-state index in [-0.39, 0.29) is 11.4 Å². The average Bonchev–Trinajstić information content (AvgIpc) is 2.60. The SMILES string of the molecule is COc1ccc(C=C(C#N)C(=O)Nc2ccc(C(C)=O)cc2)cc1. The highest BCUT2D eigenvalue weighted by atomic mass is 16.5. The molecule has 120 valence electrons. The first kappa shape index (κ1) is 17.0. The van der Waals surface area contributed by atoms with E-state index in [9.17, 15) is 14.9 Å². The lowest BCUT2D eigenvalue weighted by molar-refractivity contribution is -0.112. The Morgan fingerprint density at radius 2 is 1.71 bits per heavy atom. The van der Waals surface area contributed by atoms with Crippen molar-refractivity contribution in [3.05, 3.63) is 65.2 Å². The van der Waals surface area contributed by atoms with Crippen LogP contribution in [0.1, 0.15) is 22.8 Å². The number of nitriles is 1. The summed E-state index contributed by atoms with van der Waals surface area (Å²) in [6.07, 6.45) is 1.50. The summed E-state index contributed by atoms with van der Waals surface area (Å²) in [5.41, 5.74) is 1.77. The Morgan fingerprint density at radius 3 is 2.21 bits per heavy atom. The molecule has 0 bridgehead atoms. The van der Waals surface area contributed by atoms with Crippen LogP contribution < -0.4 is 10.1 Å². The molecule has 1 amide bonds. The molecule has 0 radical (unpaired) electrons. The third-order valence-electron chi connectivity index (χ3n) is 3.34. The number of methoxy groups -OCH3 is 1. The summed E-state index contributed by atoms with van der Waals surface area (Å²) in [5, 5.41) is 11.8. The molecule has 0 unspecified atom stereocenters. The first-order chi connectivity index (χ1) is 11.5. The van der Waals surface area contributed by atoms with Crippen molar-refractivity contribution in [1.29, 1.82) is 5.26 Å². The van der Waals surface area contributed by atoms with Gasteiger partial charge in [0.1, 0.15) is 17.4 Å². The minimum absolute atomic E-state index is 0.0178. The fourth-order valence-electron chi connectivity index (χ4n) is 2.00. The summed E-state index contributed by atoms with van der Waals surface area (Å²) in [5.74, 6) is 0.134. The highest BCUT2D eigenvalue weighted by Crippen LogP contribution is 2.15. The third kappa shape index (κ3) is 4.31. The summed E-state index contributed by atoms with van der Waals surface area (Å²) in [6.45, 7) is 1.47. The number of ether oxygens (including phenoxy) is 1. The van der Waals surface area contributed by atoms with Gasteiger partial charge in [-0.05, 0) is 55.0 Å². The maximum atomic E-state index is 12.2. The Labute approximate surface area is 140 Å². The van der Waals surface area contributed by atoms with Gasteiger partial charge in [0, 0.05) is 11.3 Å². The predicted molar refractivity (Wildman–Crippen MR) is 91.7 cm³/mol. The second-order valence-corrected chi connectivity index (χ2v) is 5.03. The number of anilines is 1. The largest absolute Gasteiger partial charge is 0.497 e. The Bertz CT molecular complexity index is 813. The van der Waals surface area contributed by atoms with Crippen molar-refractivity contribution < 1.29 is 14.3 Å². The minimum atomic E-state index is -0.510. The van der Waals surface area contributed by atoms with Crippen molar-refractivity contribution in [2.45, 2.75) is 6.92 Å². The van der Waals surface area contributed by atoms with Crippen molar-refractivity contribution in [2.24, 2.45) is 0 Å². The number of hydrogen-bond acceptors (Lipinski definition) is 4. The number of carbonyl (C=O) groups excluding carboxylic acids is 2. The van der Waals surface area contributed by atoms with E-state index in [1.54, 1.807) is 55.6 Å². The van der Waals surface area contributed by atoms with Gasteiger partial charge in [-0.15, -0.1) is 0 Å². The number of rotatable bonds is 5.